The molecule has 0 spiro atoms. The number of halogens is 2. The fourth-order valence-corrected chi connectivity index (χ4v) is 1.93. The van der Waals surface area contributed by atoms with Gasteiger partial charge in [-0.25, -0.2) is 4.39 Å². The maximum atomic E-state index is 12.9. The fraction of sp³-hybridized carbons (Fsp3) is 0.0769. The number of thiol groups is 1. The topological polar surface area (TPSA) is 9.23 Å². The highest BCUT2D eigenvalue weighted by Crippen LogP contribution is 2.26. The predicted octanol–water partition coefficient (Wildman–Crippen LogP) is 4.35. The molecule has 0 aliphatic rings. The third-order valence-electron chi connectivity index (χ3n) is 2.20. The summed E-state index contributed by atoms with van der Waals surface area (Å²) in [6.45, 7) is 0.299. The molecule has 88 valence electrons. The number of rotatable bonds is 3. The summed E-state index contributed by atoms with van der Waals surface area (Å²) in [5.74, 6) is 0.357. The fourth-order valence-electron chi connectivity index (χ4n) is 1.40. The van der Waals surface area contributed by atoms with E-state index in [0.29, 0.717) is 22.3 Å². The Morgan fingerprint density at radius 2 is 2.00 bits per heavy atom. The summed E-state index contributed by atoms with van der Waals surface area (Å²) >= 11 is 10.1. The molecule has 0 aliphatic carbocycles. The average Bonchev–Trinajstić information content (AvgIpc) is 2.28. The van der Waals surface area contributed by atoms with Crippen molar-refractivity contribution in [2.45, 2.75) is 11.5 Å². The van der Waals surface area contributed by atoms with E-state index in [2.05, 4.69) is 12.6 Å². The average molecular weight is 269 g/mol. The first-order valence-electron chi connectivity index (χ1n) is 5.01. The smallest absolute Gasteiger partial charge is 0.133 e. The van der Waals surface area contributed by atoms with Crippen LogP contribution in [0.3, 0.4) is 0 Å². The van der Waals surface area contributed by atoms with Gasteiger partial charge in [-0.15, -0.1) is 12.6 Å². The molecule has 2 aromatic rings. The van der Waals surface area contributed by atoms with E-state index >= 15 is 0 Å². The Hall–Kier alpha value is -1.19. The van der Waals surface area contributed by atoms with Crippen LogP contribution >= 0.6 is 24.2 Å². The van der Waals surface area contributed by atoms with E-state index in [4.69, 9.17) is 16.3 Å². The highest BCUT2D eigenvalue weighted by Gasteiger charge is 2.02. The minimum absolute atomic E-state index is 0.270. The highest BCUT2D eigenvalue weighted by atomic mass is 35.5. The van der Waals surface area contributed by atoms with Crippen LogP contribution in [0, 0.1) is 5.82 Å². The molecular weight excluding hydrogens is 259 g/mol. The van der Waals surface area contributed by atoms with Crippen LogP contribution in [-0.2, 0) is 6.61 Å². The number of benzene rings is 2. The van der Waals surface area contributed by atoms with Gasteiger partial charge in [-0.3, -0.25) is 0 Å². The molecule has 4 heteroatoms. The number of ether oxygens (including phenoxy) is 1. The number of hydrogen-bond acceptors (Lipinski definition) is 2. The van der Waals surface area contributed by atoms with Gasteiger partial charge in [-0.05, 0) is 35.9 Å². The first-order valence-corrected chi connectivity index (χ1v) is 5.83. The maximum absolute atomic E-state index is 12.9. The normalized spacial score (nSPS) is 10.3. The van der Waals surface area contributed by atoms with Crippen LogP contribution < -0.4 is 4.74 Å². The van der Waals surface area contributed by atoms with Crippen molar-refractivity contribution in [3.8, 4) is 5.75 Å². The van der Waals surface area contributed by atoms with Crippen LogP contribution in [0.5, 0.6) is 5.75 Å². The summed E-state index contributed by atoms with van der Waals surface area (Å²) in [5.41, 5.74) is 0.771. The molecule has 2 rings (SSSR count). The second-order valence-corrected chi connectivity index (χ2v) is 4.45. The second kappa shape index (κ2) is 5.43. The molecule has 0 atom stereocenters. The molecule has 0 aromatic heterocycles. The lowest BCUT2D eigenvalue weighted by molar-refractivity contribution is 0.298. The SMILES string of the molecule is Fc1cccc(COc2ccc(Cl)cc2S)c1. The van der Waals surface area contributed by atoms with E-state index in [1.165, 1.54) is 12.1 Å². The zero-order valence-electron chi connectivity index (χ0n) is 8.86. The van der Waals surface area contributed by atoms with Crippen LogP contribution in [0.25, 0.3) is 0 Å². The van der Waals surface area contributed by atoms with Crippen molar-refractivity contribution < 1.29 is 9.13 Å². The molecule has 0 N–H and O–H groups in total. The second-order valence-electron chi connectivity index (χ2n) is 3.53. The third kappa shape index (κ3) is 3.38. The lowest BCUT2D eigenvalue weighted by Gasteiger charge is -2.08. The van der Waals surface area contributed by atoms with Crippen LogP contribution in [0.2, 0.25) is 5.02 Å². The monoisotopic (exact) mass is 268 g/mol. The van der Waals surface area contributed by atoms with Crippen molar-refractivity contribution in [1.82, 2.24) is 0 Å². The van der Waals surface area contributed by atoms with E-state index in [0.717, 1.165) is 5.56 Å². The van der Waals surface area contributed by atoms with Crippen molar-refractivity contribution in [2.24, 2.45) is 0 Å². The van der Waals surface area contributed by atoms with Crippen LogP contribution in [0.15, 0.2) is 47.4 Å². The molecule has 0 unspecified atom stereocenters. The largest absolute Gasteiger partial charge is 0.488 e. The highest BCUT2D eigenvalue weighted by molar-refractivity contribution is 7.80. The van der Waals surface area contributed by atoms with Gasteiger partial charge in [0.15, 0.2) is 0 Å². The van der Waals surface area contributed by atoms with Gasteiger partial charge in [0.25, 0.3) is 0 Å². The molecule has 0 heterocycles. The molecule has 17 heavy (non-hydrogen) atoms. The Balaban J connectivity index is 2.07. The van der Waals surface area contributed by atoms with Gasteiger partial charge in [0.1, 0.15) is 18.2 Å². The van der Waals surface area contributed by atoms with Crippen molar-refractivity contribution in [1.29, 1.82) is 0 Å². The van der Waals surface area contributed by atoms with Gasteiger partial charge in [0.2, 0.25) is 0 Å². The van der Waals surface area contributed by atoms with Gasteiger partial charge in [-0.1, -0.05) is 23.7 Å². The molecule has 0 saturated carbocycles. The molecule has 0 amide bonds. The molecule has 0 radical (unpaired) electrons. The first kappa shape index (κ1) is 12.3. The molecule has 0 bridgehead atoms. The van der Waals surface area contributed by atoms with Crippen LogP contribution in [0.4, 0.5) is 4.39 Å². The van der Waals surface area contributed by atoms with E-state index < -0.39 is 0 Å². The van der Waals surface area contributed by atoms with E-state index in [9.17, 15) is 4.39 Å². The lowest BCUT2D eigenvalue weighted by atomic mass is 10.2. The lowest BCUT2D eigenvalue weighted by Crippen LogP contribution is -1.96. The molecule has 1 nitrogen and oxygen atoms in total. The molecular formula is C13H10ClFOS. The molecule has 0 fully saturated rings. The van der Waals surface area contributed by atoms with Gasteiger partial charge < -0.3 is 4.74 Å². The zero-order chi connectivity index (χ0) is 12.3. The summed E-state index contributed by atoms with van der Waals surface area (Å²) in [4.78, 5) is 0.661. The first-order chi connectivity index (χ1) is 8.15. The van der Waals surface area contributed by atoms with Crippen molar-refractivity contribution in [3.63, 3.8) is 0 Å². The summed E-state index contributed by atoms with van der Waals surface area (Å²) in [5, 5.41) is 0.605. The number of hydrogen-bond donors (Lipinski definition) is 1. The quantitative estimate of drug-likeness (QED) is 0.815. The standard InChI is InChI=1S/C13H10ClFOS/c14-10-4-5-12(13(17)7-10)16-8-9-2-1-3-11(15)6-9/h1-7,17H,8H2. The van der Waals surface area contributed by atoms with Gasteiger partial charge in [-0.2, -0.15) is 0 Å². The summed E-state index contributed by atoms with van der Waals surface area (Å²) in [6, 6.07) is 11.5. The Labute approximate surface area is 110 Å². The maximum Gasteiger partial charge on any atom is 0.133 e. The Morgan fingerprint density at radius 3 is 2.71 bits per heavy atom. The Bertz CT molecular complexity index is 531. The van der Waals surface area contributed by atoms with Crippen LogP contribution in [-0.4, -0.2) is 0 Å². The van der Waals surface area contributed by atoms with Gasteiger partial charge in [0, 0.05) is 9.92 Å². The van der Waals surface area contributed by atoms with E-state index in [1.807, 2.05) is 0 Å². The molecule has 0 aliphatic heterocycles. The molecule has 2 aromatic carbocycles. The zero-order valence-corrected chi connectivity index (χ0v) is 10.5. The van der Waals surface area contributed by atoms with Crippen molar-refractivity contribution in [3.05, 3.63) is 58.9 Å². The van der Waals surface area contributed by atoms with Crippen molar-refractivity contribution in [2.75, 3.05) is 0 Å². The van der Waals surface area contributed by atoms with Crippen molar-refractivity contribution >= 4 is 24.2 Å². The predicted molar refractivity (Wildman–Crippen MR) is 69.4 cm³/mol. The third-order valence-corrected chi connectivity index (χ3v) is 2.79. The summed E-state index contributed by atoms with van der Waals surface area (Å²) in [6.07, 6.45) is 0. The minimum Gasteiger partial charge on any atom is -0.488 e. The van der Waals surface area contributed by atoms with Crippen LogP contribution in [0.1, 0.15) is 5.56 Å². The van der Waals surface area contributed by atoms with Gasteiger partial charge >= 0.3 is 0 Å². The van der Waals surface area contributed by atoms with E-state index in [1.54, 1.807) is 30.3 Å². The van der Waals surface area contributed by atoms with Gasteiger partial charge in [0.05, 0.1) is 0 Å². The minimum atomic E-state index is -0.270. The van der Waals surface area contributed by atoms with E-state index in [-0.39, 0.29) is 5.82 Å². The Kier molecular flexibility index (Phi) is 3.92. The summed E-state index contributed by atoms with van der Waals surface area (Å²) in [7, 11) is 0. The molecule has 0 saturated heterocycles. The summed E-state index contributed by atoms with van der Waals surface area (Å²) < 4.78 is 18.5. The Morgan fingerprint density at radius 1 is 1.18 bits per heavy atom.